The van der Waals surface area contributed by atoms with Gasteiger partial charge >= 0.3 is 0 Å². The molecule has 0 unspecified atom stereocenters. The minimum absolute atomic E-state index is 0.0847. The van der Waals surface area contributed by atoms with E-state index in [-0.39, 0.29) is 12.5 Å². The molecule has 2 rings (SSSR count). The molecule has 0 bridgehead atoms. The number of aryl methyl sites for hydroxylation is 2. The molecular weight excluding hydrogens is 300 g/mol. The lowest BCUT2D eigenvalue weighted by atomic mass is 10.1. The fraction of sp³-hybridized carbons (Fsp3) is 0.176. The van der Waals surface area contributed by atoms with Crippen LogP contribution in [0.4, 0.5) is 0 Å². The molecule has 0 saturated carbocycles. The smallest absolute Gasteiger partial charge is 0.277 e. The number of benzene rings is 2. The molecule has 0 saturated heterocycles. The Hall–Kier alpha value is -2.33. The van der Waals surface area contributed by atoms with E-state index in [0.717, 1.165) is 22.4 Å². The highest BCUT2D eigenvalue weighted by atomic mass is 35.5. The number of nitrogens with zero attached hydrogens (tertiary/aromatic N) is 1. The van der Waals surface area contributed by atoms with Crippen molar-refractivity contribution in [2.75, 3.05) is 6.61 Å². The Morgan fingerprint density at radius 1 is 1.23 bits per heavy atom. The van der Waals surface area contributed by atoms with Gasteiger partial charge in [-0.05, 0) is 42.7 Å². The number of amides is 1. The van der Waals surface area contributed by atoms with Crippen LogP contribution in [0.25, 0.3) is 0 Å². The van der Waals surface area contributed by atoms with Crippen molar-refractivity contribution < 1.29 is 9.53 Å². The Kier molecular flexibility index (Phi) is 5.55. The highest BCUT2D eigenvalue weighted by Crippen LogP contribution is 2.21. The van der Waals surface area contributed by atoms with Gasteiger partial charge in [0.2, 0.25) is 0 Å². The first-order valence-electron chi connectivity index (χ1n) is 6.83. The lowest BCUT2D eigenvalue weighted by molar-refractivity contribution is -0.123. The molecule has 1 N–H and O–H groups in total. The molecule has 0 aromatic heterocycles. The summed E-state index contributed by atoms with van der Waals surface area (Å²) in [6.07, 6.45) is 1.53. The average molecular weight is 317 g/mol. The van der Waals surface area contributed by atoms with Crippen LogP contribution < -0.4 is 10.2 Å². The van der Waals surface area contributed by atoms with Crippen LogP contribution in [0.3, 0.4) is 0 Å². The zero-order valence-corrected chi connectivity index (χ0v) is 13.2. The summed E-state index contributed by atoms with van der Waals surface area (Å²) in [6.45, 7) is 3.80. The number of rotatable bonds is 5. The van der Waals surface area contributed by atoms with Crippen molar-refractivity contribution in [2.45, 2.75) is 13.8 Å². The summed E-state index contributed by atoms with van der Waals surface area (Å²) < 4.78 is 5.54. The molecule has 0 fully saturated rings. The molecule has 0 aliphatic carbocycles. The van der Waals surface area contributed by atoms with Crippen molar-refractivity contribution in [3.8, 4) is 5.75 Å². The molecular formula is C17H17ClN2O2. The zero-order valence-electron chi connectivity index (χ0n) is 12.5. The number of carbonyl (C=O) groups is 1. The summed E-state index contributed by atoms with van der Waals surface area (Å²) in [5, 5.41) is 4.50. The molecule has 114 valence electrons. The lowest BCUT2D eigenvalue weighted by Gasteiger charge is -2.10. The summed E-state index contributed by atoms with van der Waals surface area (Å²) in [4.78, 5) is 11.7. The minimum Gasteiger partial charge on any atom is -0.483 e. The van der Waals surface area contributed by atoms with Gasteiger partial charge in [0.05, 0.1) is 6.21 Å². The molecule has 2 aromatic carbocycles. The normalized spacial score (nSPS) is 10.7. The number of hydrazone groups is 1. The second kappa shape index (κ2) is 7.61. The van der Waals surface area contributed by atoms with Gasteiger partial charge in [-0.2, -0.15) is 5.10 Å². The van der Waals surface area contributed by atoms with E-state index in [0.29, 0.717) is 5.02 Å². The van der Waals surface area contributed by atoms with Crippen molar-refractivity contribution in [1.82, 2.24) is 5.43 Å². The highest BCUT2D eigenvalue weighted by Gasteiger charge is 2.06. The Morgan fingerprint density at radius 3 is 2.59 bits per heavy atom. The third-order valence-electron chi connectivity index (χ3n) is 3.01. The Morgan fingerprint density at radius 2 is 1.91 bits per heavy atom. The summed E-state index contributed by atoms with van der Waals surface area (Å²) in [7, 11) is 0. The summed E-state index contributed by atoms with van der Waals surface area (Å²) in [5.41, 5.74) is 5.22. The van der Waals surface area contributed by atoms with Crippen LogP contribution in [0.2, 0.25) is 5.02 Å². The van der Waals surface area contributed by atoms with Crippen LogP contribution in [-0.2, 0) is 4.79 Å². The van der Waals surface area contributed by atoms with Crippen LogP contribution in [0.5, 0.6) is 5.75 Å². The average Bonchev–Trinajstić information content (AvgIpc) is 2.47. The van der Waals surface area contributed by atoms with E-state index in [1.807, 2.05) is 44.2 Å². The van der Waals surface area contributed by atoms with E-state index >= 15 is 0 Å². The molecule has 5 heteroatoms. The third-order valence-corrected chi connectivity index (χ3v) is 3.24. The van der Waals surface area contributed by atoms with Crippen LogP contribution >= 0.6 is 11.6 Å². The van der Waals surface area contributed by atoms with E-state index in [1.165, 1.54) is 6.21 Å². The summed E-state index contributed by atoms with van der Waals surface area (Å²) in [5.74, 6) is 0.414. The number of hydrogen-bond acceptors (Lipinski definition) is 3. The molecule has 0 aliphatic rings. The first-order valence-corrected chi connectivity index (χ1v) is 7.20. The standard InChI is InChI=1S/C17H17ClN2O2/c1-12-5-3-6-13(2)17(12)22-11-16(21)20-19-10-14-7-4-8-15(18)9-14/h3-10H,11H2,1-2H3,(H,20,21). The van der Waals surface area contributed by atoms with Crippen molar-refractivity contribution in [3.63, 3.8) is 0 Å². The third kappa shape index (κ3) is 4.60. The van der Waals surface area contributed by atoms with Gasteiger partial charge in [0.1, 0.15) is 5.75 Å². The number of halogens is 1. The van der Waals surface area contributed by atoms with Gasteiger partial charge in [-0.1, -0.05) is 41.9 Å². The van der Waals surface area contributed by atoms with Crippen molar-refractivity contribution in [3.05, 3.63) is 64.2 Å². The quantitative estimate of drug-likeness (QED) is 0.678. The molecule has 1 amide bonds. The fourth-order valence-electron chi connectivity index (χ4n) is 1.96. The molecule has 0 aliphatic heterocycles. The zero-order chi connectivity index (χ0) is 15.9. The highest BCUT2D eigenvalue weighted by molar-refractivity contribution is 6.30. The van der Waals surface area contributed by atoms with E-state index < -0.39 is 0 Å². The minimum atomic E-state index is -0.319. The van der Waals surface area contributed by atoms with Gasteiger partial charge in [0.25, 0.3) is 5.91 Å². The number of nitrogens with one attached hydrogen (secondary N) is 1. The summed E-state index contributed by atoms with van der Waals surface area (Å²) in [6, 6.07) is 13.0. The maximum absolute atomic E-state index is 11.7. The van der Waals surface area contributed by atoms with E-state index in [2.05, 4.69) is 10.5 Å². The molecule has 0 atom stereocenters. The molecule has 4 nitrogen and oxygen atoms in total. The number of hydrogen-bond donors (Lipinski definition) is 1. The van der Waals surface area contributed by atoms with Gasteiger partial charge in [0, 0.05) is 5.02 Å². The topological polar surface area (TPSA) is 50.7 Å². The Labute approximate surface area is 134 Å². The fourth-order valence-corrected chi connectivity index (χ4v) is 2.16. The van der Waals surface area contributed by atoms with Crippen LogP contribution in [-0.4, -0.2) is 18.7 Å². The number of carbonyl (C=O) groups excluding carboxylic acids is 1. The molecule has 0 spiro atoms. The van der Waals surface area contributed by atoms with Crippen LogP contribution in [0.15, 0.2) is 47.6 Å². The maximum atomic E-state index is 11.7. The Bertz CT molecular complexity index is 679. The Balaban J connectivity index is 1.86. The predicted molar refractivity (Wildman–Crippen MR) is 88.6 cm³/mol. The van der Waals surface area contributed by atoms with Crippen molar-refractivity contribution in [1.29, 1.82) is 0 Å². The maximum Gasteiger partial charge on any atom is 0.277 e. The number of ether oxygens (including phenoxy) is 1. The van der Waals surface area contributed by atoms with E-state index in [1.54, 1.807) is 12.1 Å². The summed E-state index contributed by atoms with van der Waals surface area (Å²) >= 11 is 5.86. The molecule has 0 radical (unpaired) electrons. The van der Waals surface area contributed by atoms with Crippen LogP contribution in [0, 0.1) is 13.8 Å². The molecule has 0 heterocycles. The van der Waals surface area contributed by atoms with Crippen molar-refractivity contribution in [2.24, 2.45) is 5.10 Å². The first kappa shape index (κ1) is 16.0. The van der Waals surface area contributed by atoms with Gasteiger partial charge in [-0.3, -0.25) is 4.79 Å². The second-order valence-corrected chi connectivity index (χ2v) is 5.29. The lowest BCUT2D eigenvalue weighted by Crippen LogP contribution is -2.25. The van der Waals surface area contributed by atoms with E-state index in [9.17, 15) is 4.79 Å². The number of para-hydroxylation sites is 1. The monoisotopic (exact) mass is 316 g/mol. The SMILES string of the molecule is Cc1cccc(C)c1OCC(=O)NN=Cc1cccc(Cl)c1. The first-order chi connectivity index (χ1) is 10.6. The molecule has 22 heavy (non-hydrogen) atoms. The van der Waals surface area contributed by atoms with Gasteiger partial charge in [0.15, 0.2) is 6.61 Å². The van der Waals surface area contributed by atoms with E-state index in [4.69, 9.17) is 16.3 Å². The van der Waals surface area contributed by atoms with Crippen molar-refractivity contribution >= 4 is 23.7 Å². The van der Waals surface area contributed by atoms with Gasteiger partial charge in [-0.25, -0.2) is 5.43 Å². The second-order valence-electron chi connectivity index (χ2n) is 4.86. The predicted octanol–water partition coefficient (Wildman–Crippen LogP) is 3.49. The largest absolute Gasteiger partial charge is 0.483 e. The van der Waals surface area contributed by atoms with Gasteiger partial charge in [-0.15, -0.1) is 0 Å². The van der Waals surface area contributed by atoms with Crippen LogP contribution in [0.1, 0.15) is 16.7 Å². The molecule has 2 aromatic rings. The van der Waals surface area contributed by atoms with Gasteiger partial charge < -0.3 is 4.74 Å².